The average molecular weight is 474 g/mol. The third-order valence-corrected chi connectivity index (χ3v) is 6.47. The van der Waals surface area contributed by atoms with Crippen molar-refractivity contribution in [2.24, 2.45) is 0 Å². The number of hydrogen-bond donors (Lipinski definition) is 1. The highest BCUT2D eigenvalue weighted by Crippen LogP contribution is 2.18. The minimum absolute atomic E-state index is 0.0276. The van der Waals surface area contributed by atoms with Crippen LogP contribution in [-0.4, -0.2) is 56.6 Å². The number of nitrogens with zero attached hydrogens (tertiary/aromatic N) is 2. The smallest absolute Gasteiger partial charge is 0.242 e. The van der Waals surface area contributed by atoms with Crippen molar-refractivity contribution < 1.29 is 18.0 Å². The molecular formula is C25H35N3O4S. The first-order chi connectivity index (χ1) is 15.6. The largest absolute Gasteiger partial charge is 0.352 e. The lowest BCUT2D eigenvalue weighted by atomic mass is 10.1. The van der Waals surface area contributed by atoms with Crippen LogP contribution < -0.4 is 9.62 Å². The normalized spacial score (nSPS) is 12.3. The summed E-state index contributed by atoms with van der Waals surface area (Å²) in [4.78, 5) is 27.4. The Morgan fingerprint density at radius 2 is 1.48 bits per heavy atom. The Morgan fingerprint density at radius 1 is 0.909 bits per heavy atom. The summed E-state index contributed by atoms with van der Waals surface area (Å²) in [6.07, 6.45) is 2.28. The van der Waals surface area contributed by atoms with Gasteiger partial charge >= 0.3 is 0 Å². The molecule has 0 aliphatic rings. The van der Waals surface area contributed by atoms with Crippen LogP contribution in [0.1, 0.15) is 39.2 Å². The number of amides is 2. The van der Waals surface area contributed by atoms with E-state index in [2.05, 4.69) is 5.32 Å². The van der Waals surface area contributed by atoms with Crippen LogP contribution in [0.5, 0.6) is 0 Å². The Hall–Kier alpha value is -2.87. The second-order valence-electron chi connectivity index (χ2n) is 8.44. The van der Waals surface area contributed by atoms with Gasteiger partial charge in [0, 0.05) is 25.6 Å². The van der Waals surface area contributed by atoms with E-state index in [0.29, 0.717) is 25.1 Å². The van der Waals surface area contributed by atoms with E-state index in [1.54, 1.807) is 36.1 Å². The SMILES string of the molecule is CC(C)NC(=O)[C@@H](C)N(CCc1ccccc1)C(=O)CCCN(c1ccccc1)S(C)(=O)=O. The molecule has 180 valence electrons. The number of hydrogen-bond acceptors (Lipinski definition) is 4. The molecule has 1 N–H and O–H groups in total. The summed E-state index contributed by atoms with van der Waals surface area (Å²) in [5.41, 5.74) is 1.65. The highest BCUT2D eigenvalue weighted by Gasteiger charge is 2.26. The van der Waals surface area contributed by atoms with Crippen molar-refractivity contribution in [2.75, 3.05) is 23.7 Å². The topological polar surface area (TPSA) is 86.8 Å². The van der Waals surface area contributed by atoms with Gasteiger partial charge in [0.1, 0.15) is 6.04 Å². The Bertz CT molecular complexity index is 995. The first-order valence-electron chi connectivity index (χ1n) is 11.3. The minimum Gasteiger partial charge on any atom is -0.352 e. The summed E-state index contributed by atoms with van der Waals surface area (Å²) < 4.78 is 25.9. The first-order valence-corrected chi connectivity index (χ1v) is 13.1. The molecule has 0 aliphatic carbocycles. The van der Waals surface area contributed by atoms with Crippen molar-refractivity contribution in [1.82, 2.24) is 10.2 Å². The molecule has 0 radical (unpaired) electrons. The lowest BCUT2D eigenvalue weighted by molar-refractivity contribution is -0.140. The van der Waals surface area contributed by atoms with E-state index in [1.165, 1.54) is 4.31 Å². The number of rotatable bonds is 12. The quantitative estimate of drug-likeness (QED) is 0.513. The summed E-state index contributed by atoms with van der Waals surface area (Å²) >= 11 is 0. The molecule has 0 saturated carbocycles. The van der Waals surface area contributed by atoms with E-state index >= 15 is 0 Å². The summed E-state index contributed by atoms with van der Waals surface area (Å²) in [5.74, 6) is -0.368. The van der Waals surface area contributed by atoms with Crippen LogP contribution in [0.4, 0.5) is 5.69 Å². The number of para-hydroxylation sites is 1. The van der Waals surface area contributed by atoms with Crippen molar-refractivity contribution in [3.63, 3.8) is 0 Å². The number of benzene rings is 2. The fourth-order valence-corrected chi connectivity index (χ4v) is 4.54. The van der Waals surface area contributed by atoms with Gasteiger partial charge in [0.15, 0.2) is 0 Å². The second kappa shape index (κ2) is 12.4. The Labute approximate surface area is 197 Å². The molecule has 0 saturated heterocycles. The number of carbonyl (C=O) groups excluding carboxylic acids is 2. The van der Waals surface area contributed by atoms with Gasteiger partial charge in [0.25, 0.3) is 0 Å². The van der Waals surface area contributed by atoms with E-state index in [0.717, 1.165) is 11.8 Å². The van der Waals surface area contributed by atoms with Crippen molar-refractivity contribution in [2.45, 2.75) is 52.1 Å². The van der Waals surface area contributed by atoms with E-state index in [1.807, 2.05) is 50.2 Å². The van der Waals surface area contributed by atoms with Gasteiger partial charge in [-0.2, -0.15) is 0 Å². The molecule has 0 aliphatic heterocycles. The van der Waals surface area contributed by atoms with Crippen LogP contribution in [0.15, 0.2) is 60.7 Å². The van der Waals surface area contributed by atoms with Crippen LogP contribution >= 0.6 is 0 Å². The van der Waals surface area contributed by atoms with Crippen LogP contribution in [0, 0.1) is 0 Å². The van der Waals surface area contributed by atoms with Crippen LogP contribution in [0.3, 0.4) is 0 Å². The molecule has 33 heavy (non-hydrogen) atoms. The molecule has 2 rings (SSSR count). The van der Waals surface area contributed by atoms with Gasteiger partial charge in [0.05, 0.1) is 11.9 Å². The highest BCUT2D eigenvalue weighted by molar-refractivity contribution is 7.92. The Morgan fingerprint density at radius 3 is 2.03 bits per heavy atom. The summed E-state index contributed by atoms with van der Waals surface area (Å²) in [6.45, 7) is 6.08. The molecule has 0 spiro atoms. The Balaban J connectivity index is 2.08. The molecule has 0 aromatic heterocycles. The molecule has 2 amide bonds. The maximum atomic E-state index is 13.1. The second-order valence-corrected chi connectivity index (χ2v) is 10.3. The summed E-state index contributed by atoms with van der Waals surface area (Å²) in [5, 5.41) is 2.87. The fraction of sp³-hybridized carbons (Fsp3) is 0.440. The van der Waals surface area contributed by atoms with Crippen molar-refractivity contribution in [1.29, 1.82) is 0 Å². The molecule has 2 aromatic carbocycles. The van der Waals surface area contributed by atoms with Gasteiger partial charge in [-0.3, -0.25) is 13.9 Å². The van der Waals surface area contributed by atoms with Crippen molar-refractivity contribution in [3.8, 4) is 0 Å². The molecule has 0 fully saturated rings. The van der Waals surface area contributed by atoms with Gasteiger partial charge in [-0.25, -0.2) is 8.42 Å². The monoisotopic (exact) mass is 473 g/mol. The third kappa shape index (κ3) is 8.53. The average Bonchev–Trinajstić information content (AvgIpc) is 2.76. The first kappa shape index (κ1) is 26.4. The standard InChI is InChI=1S/C25H35N3O4S/c1-20(2)26-25(30)21(3)27(19-17-22-12-7-5-8-13-22)24(29)16-11-18-28(33(4,31)32)23-14-9-6-10-15-23/h5-10,12-15,20-21H,11,16-19H2,1-4H3,(H,26,30)/t21-/m1/s1. The Kier molecular flexibility index (Phi) is 9.91. The van der Waals surface area contributed by atoms with Gasteiger partial charge < -0.3 is 10.2 Å². The molecule has 7 nitrogen and oxygen atoms in total. The third-order valence-electron chi connectivity index (χ3n) is 5.28. The predicted octanol–water partition coefficient (Wildman–Crippen LogP) is 3.22. The molecule has 0 unspecified atom stereocenters. The molecule has 1 atom stereocenters. The van der Waals surface area contributed by atoms with Crippen molar-refractivity contribution in [3.05, 3.63) is 66.2 Å². The lowest BCUT2D eigenvalue weighted by Gasteiger charge is -2.30. The minimum atomic E-state index is -3.48. The van der Waals surface area contributed by atoms with E-state index in [4.69, 9.17) is 0 Å². The van der Waals surface area contributed by atoms with Gasteiger partial charge in [-0.1, -0.05) is 48.5 Å². The van der Waals surface area contributed by atoms with E-state index in [9.17, 15) is 18.0 Å². The molecule has 0 heterocycles. The zero-order chi connectivity index (χ0) is 24.4. The molecular weight excluding hydrogens is 438 g/mol. The van der Waals surface area contributed by atoms with Crippen LogP contribution in [0.25, 0.3) is 0 Å². The number of anilines is 1. The van der Waals surface area contributed by atoms with E-state index in [-0.39, 0.29) is 30.8 Å². The van der Waals surface area contributed by atoms with Gasteiger partial charge in [-0.05, 0) is 51.3 Å². The van der Waals surface area contributed by atoms with Crippen LogP contribution in [-0.2, 0) is 26.0 Å². The molecule has 0 bridgehead atoms. The summed E-state index contributed by atoms with van der Waals surface area (Å²) in [7, 11) is -3.48. The maximum absolute atomic E-state index is 13.1. The van der Waals surface area contributed by atoms with Gasteiger partial charge in [-0.15, -0.1) is 0 Å². The summed E-state index contributed by atoms with van der Waals surface area (Å²) in [6, 6.07) is 18.0. The van der Waals surface area contributed by atoms with E-state index < -0.39 is 16.1 Å². The van der Waals surface area contributed by atoms with Gasteiger partial charge in [0.2, 0.25) is 21.8 Å². The number of sulfonamides is 1. The molecule has 2 aromatic rings. The van der Waals surface area contributed by atoms with Crippen LogP contribution in [0.2, 0.25) is 0 Å². The highest BCUT2D eigenvalue weighted by atomic mass is 32.2. The van der Waals surface area contributed by atoms with Crippen molar-refractivity contribution >= 4 is 27.5 Å². The fourth-order valence-electron chi connectivity index (χ4n) is 3.57. The molecule has 8 heteroatoms. The number of nitrogens with one attached hydrogen (secondary N) is 1. The lowest BCUT2D eigenvalue weighted by Crippen LogP contribution is -2.50. The maximum Gasteiger partial charge on any atom is 0.242 e. The number of carbonyl (C=O) groups is 2. The zero-order valence-electron chi connectivity index (χ0n) is 19.9. The predicted molar refractivity (Wildman–Crippen MR) is 132 cm³/mol. The zero-order valence-corrected chi connectivity index (χ0v) is 20.7.